The highest BCUT2D eigenvalue weighted by molar-refractivity contribution is 9.10. The first-order valence-electron chi connectivity index (χ1n) is 9.97. The normalized spacial score (nSPS) is 11.0. The molecule has 2 N–H and O–H groups in total. The Bertz CT molecular complexity index is 1490. The standard InChI is InChI=1S/C27H17BrO4/c28-22-15-17-9-5-7-13-20(17)24(26(22)30)23-19-12-6-4-8-16(19)14-21(25(23)29)27(31)32-18-10-2-1-3-11-18/h1-15,29-30H. The van der Waals surface area contributed by atoms with E-state index in [1.165, 1.54) is 0 Å². The van der Waals surface area contributed by atoms with Crippen LogP contribution in [-0.2, 0) is 0 Å². The number of benzene rings is 5. The second-order valence-corrected chi connectivity index (χ2v) is 8.23. The summed E-state index contributed by atoms with van der Waals surface area (Å²) in [6.07, 6.45) is 0. The molecule has 0 atom stereocenters. The van der Waals surface area contributed by atoms with Crippen LogP contribution in [0.15, 0.2) is 95.5 Å². The molecule has 0 saturated carbocycles. The van der Waals surface area contributed by atoms with E-state index in [2.05, 4.69) is 15.9 Å². The Balaban J connectivity index is 1.81. The number of hydrogen-bond acceptors (Lipinski definition) is 4. The Morgan fingerprint density at radius 3 is 1.88 bits per heavy atom. The average Bonchev–Trinajstić information content (AvgIpc) is 2.81. The molecule has 0 bridgehead atoms. The number of halogens is 1. The van der Waals surface area contributed by atoms with E-state index in [9.17, 15) is 15.0 Å². The van der Waals surface area contributed by atoms with Crippen molar-refractivity contribution in [2.24, 2.45) is 0 Å². The Kier molecular flexibility index (Phi) is 5.04. The van der Waals surface area contributed by atoms with Gasteiger partial charge in [0.1, 0.15) is 22.8 Å². The predicted octanol–water partition coefficient (Wildman–Crippen LogP) is 7.05. The maximum Gasteiger partial charge on any atom is 0.347 e. The fraction of sp³-hybridized carbons (Fsp3) is 0. The Morgan fingerprint density at radius 1 is 0.688 bits per heavy atom. The second-order valence-electron chi connectivity index (χ2n) is 7.37. The Hall–Kier alpha value is -3.83. The molecule has 0 saturated heterocycles. The highest BCUT2D eigenvalue weighted by Gasteiger charge is 2.24. The highest BCUT2D eigenvalue weighted by Crippen LogP contribution is 2.48. The number of phenols is 2. The molecule has 5 aromatic rings. The van der Waals surface area contributed by atoms with Gasteiger partial charge in [0.05, 0.1) is 4.47 Å². The number of esters is 1. The zero-order chi connectivity index (χ0) is 22.2. The van der Waals surface area contributed by atoms with Gasteiger partial charge in [0.2, 0.25) is 0 Å². The average molecular weight is 485 g/mol. The van der Waals surface area contributed by atoms with Gasteiger partial charge in [-0.25, -0.2) is 4.79 Å². The van der Waals surface area contributed by atoms with E-state index in [0.29, 0.717) is 26.7 Å². The summed E-state index contributed by atoms with van der Waals surface area (Å²) < 4.78 is 5.98. The fourth-order valence-electron chi connectivity index (χ4n) is 3.95. The molecule has 0 aromatic heterocycles. The number of aromatic hydroxyl groups is 2. The second kappa shape index (κ2) is 8.02. The Morgan fingerprint density at radius 2 is 1.22 bits per heavy atom. The van der Waals surface area contributed by atoms with Gasteiger partial charge >= 0.3 is 5.97 Å². The zero-order valence-electron chi connectivity index (χ0n) is 16.7. The van der Waals surface area contributed by atoms with E-state index >= 15 is 0 Å². The molecule has 5 aromatic carbocycles. The molecule has 0 aliphatic carbocycles. The van der Waals surface area contributed by atoms with Gasteiger partial charge in [0.15, 0.2) is 0 Å². The first-order valence-corrected chi connectivity index (χ1v) is 10.8. The number of phenolic OH excluding ortho intramolecular Hbond substituents is 2. The van der Waals surface area contributed by atoms with Crippen molar-refractivity contribution in [2.45, 2.75) is 0 Å². The van der Waals surface area contributed by atoms with Gasteiger partial charge in [0, 0.05) is 11.1 Å². The molecule has 4 nitrogen and oxygen atoms in total. The van der Waals surface area contributed by atoms with Crippen LogP contribution in [0.2, 0.25) is 0 Å². The molecule has 0 aliphatic heterocycles. The molecule has 0 unspecified atom stereocenters. The van der Waals surface area contributed by atoms with Crippen molar-refractivity contribution in [3.63, 3.8) is 0 Å². The molecule has 0 heterocycles. The third-order valence-corrected chi connectivity index (χ3v) is 6.03. The van der Waals surface area contributed by atoms with Crippen LogP contribution in [0.25, 0.3) is 32.7 Å². The van der Waals surface area contributed by atoms with Crippen molar-refractivity contribution in [3.05, 3.63) is 101 Å². The van der Waals surface area contributed by atoms with E-state index in [4.69, 9.17) is 4.74 Å². The molecule has 156 valence electrons. The minimum Gasteiger partial charge on any atom is -0.506 e. The van der Waals surface area contributed by atoms with Crippen LogP contribution in [0.3, 0.4) is 0 Å². The summed E-state index contributed by atoms with van der Waals surface area (Å²) >= 11 is 3.42. The number of carbonyl (C=O) groups is 1. The van der Waals surface area contributed by atoms with Crippen molar-refractivity contribution in [1.82, 2.24) is 0 Å². The lowest BCUT2D eigenvalue weighted by Crippen LogP contribution is -2.09. The quantitative estimate of drug-likeness (QED) is 0.212. The Labute approximate surface area is 192 Å². The third-order valence-electron chi connectivity index (χ3n) is 5.42. The summed E-state index contributed by atoms with van der Waals surface area (Å²) in [5, 5.41) is 25.4. The summed E-state index contributed by atoms with van der Waals surface area (Å²) in [7, 11) is 0. The molecular weight excluding hydrogens is 468 g/mol. The van der Waals surface area contributed by atoms with Crippen molar-refractivity contribution < 1.29 is 19.7 Å². The van der Waals surface area contributed by atoms with Crippen molar-refractivity contribution in [3.8, 4) is 28.4 Å². The SMILES string of the molecule is O=C(Oc1ccccc1)c1cc2ccccc2c(-c2c(O)c(Br)cc3ccccc23)c1O. The van der Waals surface area contributed by atoms with Gasteiger partial charge < -0.3 is 14.9 Å². The van der Waals surface area contributed by atoms with Gasteiger partial charge in [-0.15, -0.1) is 0 Å². The minimum absolute atomic E-state index is 0.0160. The fourth-order valence-corrected chi connectivity index (χ4v) is 4.40. The summed E-state index contributed by atoms with van der Waals surface area (Å²) in [5.41, 5.74) is 0.835. The lowest BCUT2D eigenvalue weighted by molar-refractivity contribution is 0.0732. The lowest BCUT2D eigenvalue weighted by atomic mass is 9.90. The van der Waals surface area contributed by atoms with Crippen molar-refractivity contribution in [2.75, 3.05) is 0 Å². The van der Waals surface area contributed by atoms with E-state index in [1.54, 1.807) is 30.3 Å². The van der Waals surface area contributed by atoms with Crippen LogP contribution in [0.4, 0.5) is 0 Å². The smallest absolute Gasteiger partial charge is 0.347 e. The molecule has 0 radical (unpaired) electrons. The first-order chi connectivity index (χ1) is 15.5. The van der Waals surface area contributed by atoms with Gasteiger partial charge in [-0.2, -0.15) is 0 Å². The highest BCUT2D eigenvalue weighted by atomic mass is 79.9. The lowest BCUT2D eigenvalue weighted by Gasteiger charge is -2.17. The molecule has 32 heavy (non-hydrogen) atoms. The van der Waals surface area contributed by atoms with Gasteiger partial charge in [-0.3, -0.25) is 0 Å². The molecule has 0 spiro atoms. The van der Waals surface area contributed by atoms with Crippen LogP contribution in [0, 0.1) is 0 Å². The zero-order valence-corrected chi connectivity index (χ0v) is 18.3. The van der Waals surface area contributed by atoms with Crippen LogP contribution in [0.1, 0.15) is 10.4 Å². The maximum atomic E-state index is 13.0. The van der Waals surface area contributed by atoms with E-state index < -0.39 is 5.97 Å². The van der Waals surface area contributed by atoms with Gasteiger partial charge in [-0.1, -0.05) is 66.7 Å². The minimum atomic E-state index is -0.681. The van der Waals surface area contributed by atoms with Gasteiger partial charge in [-0.05, 0) is 61.7 Å². The molecule has 0 aliphatic rings. The molecule has 0 fully saturated rings. The summed E-state index contributed by atoms with van der Waals surface area (Å²) in [5.74, 6) is -0.567. The van der Waals surface area contributed by atoms with E-state index in [-0.39, 0.29) is 17.1 Å². The summed E-state index contributed by atoms with van der Waals surface area (Å²) in [6, 6.07) is 27.1. The van der Waals surface area contributed by atoms with Gasteiger partial charge in [0.25, 0.3) is 0 Å². The van der Waals surface area contributed by atoms with Crippen LogP contribution in [-0.4, -0.2) is 16.2 Å². The van der Waals surface area contributed by atoms with E-state index in [0.717, 1.165) is 16.2 Å². The number of rotatable bonds is 3. The predicted molar refractivity (Wildman–Crippen MR) is 129 cm³/mol. The van der Waals surface area contributed by atoms with Crippen LogP contribution >= 0.6 is 15.9 Å². The summed E-state index contributed by atoms with van der Waals surface area (Å²) in [6.45, 7) is 0. The number of ether oxygens (including phenoxy) is 1. The van der Waals surface area contributed by atoms with Crippen LogP contribution in [0.5, 0.6) is 17.2 Å². The number of para-hydroxylation sites is 1. The maximum absolute atomic E-state index is 13.0. The molecule has 5 heteroatoms. The topological polar surface area (TPSA) is 66.8 Å². The molecule has 5 rings (SSSR count). The molecular formula is C27H17BrO4. The number of carbonyl (C=O) groups excluding carboxylic acids is 1. The van der Waals surface area contributed by atoms with Crippen molar-refractivity contribution >= 4 is 43.4 Å². The first kappa shape index (κ1) is 20.1. The largest absolute Gasteiger partial charge is 0.506 e. The van der Waals surface area contributed by atoms with E-state index in [1.807, 2.05) is 60.7 Å². The number of hydrogen-bond donors (Lipinski definition) is 2. The summed E-state index contributed by atoms with van der Waals surface area (Å²) in [4.78, 5) is 13.0. The number of fused-ring (bicyclic) bond motifs is 2. The monoisotopic (exact) mass is 484 g/mol. The van der Waals surface area contributed by atoms with Crippen LogP contribution < -0.4 is 4.74 Å². The molecule has 0 amide bonds. The third kappa shape index (κ3) is 3.37. The van der Waals surface area contributed by atoms with Crippen molar-refractivity contribution in [1.29, 1.82) is 0 Å².